The third kappa shape index (κ3) is 2.12. The maximum absolute atomic E-state index is 5.72. The Morgan fingerprint density at radius 2 is 2.17 bits per heavy atom. The molecule has 1 rings (SSSR count). The molecule has 3 heteroatoms. The zero-order valence-electron chi connectivity index (χ0n) is 8.26. The number of nitrogens with zero attached hydrogens (tertiary/aromatic N) is 2. The van der Waals surface area contributed by atoms with Crippen molar-refractivity contribution in [3.05, 3.63) is 0 Å². The number of hydrogen-bond donors (Lipinski definition) is 0. The number of likely N-dealkylation sites (N-methyl/N-ethyl adjacent to an activating group) is 1. The van der Waals surface area contributed by atoms with Crippen LogP contribution in [0, 0.1) is 0 Å². The lowest BCUT2D eigenvalue weighted by molar-refractivity contribution is 0.205. The van der Waals surface area contributed by atoms with Gasteiger partial charge in [-0.3, -0.25) is 4.90 Å². The molecule has 0 N–H and O–H groups in total. The average molecular weight is 191 g/mol. The van der Waals surface area contributed by atoms with E-state index in [1.54, 1.807) is 0 Å². The first kappa shape index (κ1) is 10.3. The monoisotopic (exact) mass is 190 g/mol. The van der Waals surface area contributed by atoms with E-state index in [0.717, 1.165) is 12.4 Å². The lowest BCUT2D eigenvalue weighted by atomic mass is 10.1. The summed E-state index contributed by atoms with van der Waals surface area (Å²) in [4.78, 5) is 4.79. The summed E-state index contributed by atoms with van der Waals surface area (Å²) < 4.78 is 0. The van der Waals surface area contributed by atoms with Gasteiger partial charge in [-0.05, 0) is 27.4 Å². The Balaban J connectivity index is 2.43. The molecule has 1 saturated heterocycles. The standard InChI is InChI=1S/C9H19ClN2/c1-8-9(11(2)3)4-6-12(8)7-5-10/h8-9H,4-7H2,1-3H3. The average Bonchev–Trinajstić information content (AvgIpc) is 2.34. The maximum Gasteiger partial charge on any atom is 0.0351 e. The van der Waals surface area contributed by atoms with Gasteiger partial charge in [0.05, 0.1) is 0 Å². The molecular formula is C9H19ClN2. The molecule has 2 unspecified atom stereocenters. The summed E-state index contributed by atoms with van der Waals surface area (Å²) in [7, 11) is 4.32. The second-order valence-corrected chi connectivity index (χ2v) is 4.16. The van der Waals surface area contributed by atoms with Crippen molar-refractivity contribution >= 4 is 11.6 Å². The summed E-state index contributed by atoms with van der Waals surface area (Å²) in [6.45, 7) is 4.54. The molecule has 0 aromatic carbocycles. The molecule has 0 aromatic rings. The highest BCUT2D eigenvalue weighted by atomic mass is 35.5. The van der Waals surface area contributed by atoms with Crippen LogP contribution in [0.5, 0.6) is 0 Å². The minimum absolute atomic E-state index is 0.666. The Labute approximate surface area is 80.5 Å². The highest BCUT2D eigenvalue weighted by Crippen LogP contribution is 2.20. The minimum atomic E-state index is 0.666. The highest BCUT2D eigenvalue weighted by Gasteiger charge is 2.30. The van der Waals surface area contributed by atoms with Gasteiger partial charge in [-0.1, -0.05) is 0 Å². The fourth-order valence-electron chi connectivity index (χ4n) is 2.10. The molecule has 12 heavy (non-hydrogen) atoms. The van der Waals surface area contributed by atoms with E-state index in [0.29, 0.717) is 12.1 Å². The Kier molecular flexibility index (Phi) is 3.81. The number of halogens is 1. The minimum Gasteiger partial charge on any atom is -0.305 e. The van der Waals surface area contributed by atoms with Crippen LogP contribution in [0.25, 0.3) is 0 Å². The summed E-state index contributed by atoms with van der Waals surface area (Å²) in [5, 5.41) is 0. The molecule has 0 aliphatic carbocycles. The summed E-state index contributed by atoms with van der Waals surface area (Å²) in [5.41, 5.74) is 0. The van der Waals surface area contributed by atoms with Crippen molar-refractivity contribution in [2.75, 3.05) is 33.1 Å². The normalized spacial score (nSPS) is 31.8. The van der Waals surface area contributed by atoms with E-state index in [4.69, 9.17) is 11.6 Å². The topological polar surface area (TPSA) is 6.48 Å². The van der Waals surface area contributed by atoms with Gasteiger partial charge < -0.3 is 4.90 Å². The van der Waals surface area contributed by atoms with Crippen molar-refractivity contribution in [3.63, 3.8) is 0 Å². The van der Waals surface area contributed by atoms with Gasteiger partial charge in [0.15, 0.2) is 0 Å². The van der Waals surface area contributed by atoms with Gasteiger partial charge in [-0.2, -0.15) is 0 Å². The summed E-state index contributed by atoms with van der Waals surface area (Å²) in [5.74, 6) is 0.754. The van der Waals surface area contributed by atoms with Crippen LogP contribution in [-0.2, 0) is 0 Å². The molecule has 1 aliphatic rings. The van der Waals surface area contributed by atoms with Gasteiger partial charge in [0, 0.05) is 31.1 Å². The van der Waals surface area contributed by atoms with E-state index in [1.165, 1.54) is 13.0 Å². The molecule has 1 aliphatic heterocycles. The summed E-state index contributed by atoms with van der Waals surface area (Å²) >= 11 is 5.72. The highest BCUT2D eigenvalue weighted by molar-refractivity contribution is 6.18. The molecule has 0 bridgehead atoms. The largest absolute Gasteiger partial charge is 0.305 e. The van der Waals surface area contributed by atoms with E-state index in [2.05, 4.69) is 30.8 Å². The molecule has 0 aromatic heterocycles. The first-order valence-electron chi connectivity index (χ1n) is 4.63. The Morgan fingerprint density at radius 3 is 2.58 bits per heavy atom. The van der Waals surface area contributed by atoms with E-state index < -0.39 is 0 Å². The van der Waals surface area contributed by atoms with Crippen LogP contribution in [0.1, 0.15) is 13.3 Å². The fourth-order valence-corrected chi connectivity index (χ4v) is 2.32. The number of hydrogen-bond acceptors (Lipinski definition) is 2. The van der Waals surface area contributed by atoms with Crippen LogP contribution >= 0.6 is 11.6 Å². The van der Waals surface area contributed by atoms with E-state index in [-0.39, 0.29) is 0 Å². The van der Waals surface area contributed by atoms with E-state index in [9.17, 15) is 0 Å². The van der Waals surface area contributed by atoms with Crippen molar-refractivity contribution in [1.82, 2.24) is 9.80 Å². The lowest BCUT2D eigenvalue weighted by Crippen LogP contribution is -2.40. The van der Waals surface area contributed by atoms with Gasteiger partial charge in [-0.25, -0.2) is 0 Å². The van der Waals surface area contributed by atoms with Gasteiger partial charge in [-0.15, -0.1) is 11.6 Å². The molecule has 1 fully saturated rings. The third-order valence-electron chi connectivity index (χ3n) is 2.88. The molecule has 0 spiro atoms. The Hall–Kier alpha value is 0.210. The molecule has 0 saturated carbocycles. The first-order valence-corrected chi connectivity index (χ1v) is 5.16. The number of likely N-dealkylation sites (tertiary alicyclic amines) is 1. The van der Waals surface area contributed by atoms with Crippen LogP contribution < -0.4 is 0 Å². The second kappa shape index (κ2) is 4.45. The fraction of sp³-hybridized carbons (Fsp3) is 1.00. The van der Waals surface area contributed by atoms with Crippen LogP contribution in [0.3, 0.4) is 0 Å². The maximum atomic E-state index is 5.72. The first-order chi connectivity index (χ1) is 5.66. The van der Waals surface area contributed by atoms with Gasteiger partial charge in [0.2, 0.25) is 0 Å². The van der Waals surface area contributed by atoms with Crippen molar-refractivity contribution in [2.45, 2.75) is 25.4 Å². The van der Waals surface area contributed by atoms with Crippen LogP contribution in [0.2, 0.25) is 0 Å². The predicted octanol–water partition coefficient (Wildman–Crippen LogP) is 1.25. The summed E-state index contributed by atoms with van der Waals surface area (Å²) in [6, 6.07) is 1.38. The molecule has 0 amide bonds. The van der Waals surface area contributed by atoms with Crippen molar-refractivity contribution in [3.8, 4) is 0 Å². The second-order valence-electron chi connectivity index (χ2n) is 3.79. The van der Waals surface area contributed by atoms with Crippen LogP contribution in [-0.4, -0.2) is 54.9 Å². The summed E-state index contributed by atoms with van der Waals surface area (Å²) in [6.07, 6.45) is 1.28. The zero-order valence-corrected chi connectivity index (χ0v) is 9.01. The molecule has 2 nitrogen and oxygen atoms in total. The predicted molar refractivity (Wildman–Crippen MR) is 53.8 cm³/mol. The van der Waals surface area contributed by atoms with Crippen molar-refractivity contribution in [1.29, 1.82) is 0 Å². The van der Waals surface area contributed by atoms with Gasteiger partial charge in [0.25, 0.3) is 0 Å². The molecular weight excluding hydrogens is 172 g/mol. The van der Waals surface area contributed by atoms with E-state index in [1.807, 2.05) is 0 Å². The zero-order chi connectivity index (χ0) is 9.14. The number of rotatable bonds is 3. The van der Waals surface area contributed by atoms with Crippen LogP contribution in [0.15, 0.2) is 0 Å². The van der Waals surface area contributed by atoms with Gasteiger partial charge >= 0.3 is 0 Å². The smallest absolute Gasteiger partial charge is 0.0351 e. The van der Waals surface area contributed by atoms with Crippen molar-refractivity contribution < 1.29 is 0 Å². The molecule has 0 radical (unpaired) electrons. The van der Waals surface area contributed by atoms with E-state index >= 15 is 0 Å². The Morgan fingerprint density at radius 1 is 1.50 bits per heavy atom. The molecule has 1 heterocycles. The third-order valence-corrected chi connectivity index (χ3v) is 3.05. The lowest BCUT2D eigenvalue weighted by Gasteiger charge is -2.27. The number of alkyl halides is 1. The molecule has 2 atom stereocenters. The van der Waals surface area contributed by atoms with Crippen LogP contribution in [0.4, 0.5) is 0 Å². The molecule has 72 valence electrons. The van der Waals surface area contributed by atoms with Crippen molar-refractivity contribution in [2.24, 2.45) is 0 Å². The SMILES string of the molecule is CC1C(N(C)C)CCN1CCCl. The Bertz CT molecular complexity index is 138. The van der Waals surface area contributed by atoms with Gasteiger partial charge in [0.1, 0.15) is 0 Å². The quantitative estimate of drug-likeness (QED) is 0.619.